The van der Waals surface area contributed by atoms with Gasteiger partial charge >= 0.3 is 0 Å². The molecule has 2 aliphatic rings. The zero-order valence-electron chi connectivity index (χ0n) is 18.3. The van der Waals surface area contributed by atoms with Gasteiger partial charge in [-0.05, 0) is 56.2 Å². The molecule has 0 saturated carbocycles. The van der Waals surface area contributed by atoms with Crippen molar-refractivity contribution in [1.82, 2.24) is 4.90 Å². The molecule has 32 heavy (non-hydrogen) atoms. The minimum absolute atomic E-state index is 0.0380. The fraction of sp³-hybridized carbons (Fsp3) is 0.400. The van der Waals surface area contributed by atoms with Crippen LogP contribution >= 0.6 is 0 Å². The Hall–Kier alpha value is -3.35. The quantitative estimate of drug-likeness (QED) is 0.755. The van der Waals surface area contributed by atoms with E-state index in [-0.39, 0.29) is 36.0 Å². The number of carbonyl (C=O) groups is 3. The number of carbonyl (C=O) groups excluding carboxylic acids is 3. The van der Waals surface area contributed by atoms with Crippen LogP contribution in [-0.2, 0) is 14.4 Å². The predicted molar refractivity (Wildman–Crippen MR) is 122 cm³/mol. The highest BCUT2D eigenvalue weighted by Gasteiger charge is 2.39. The van der Waals surface area contributed by atoms with Gasteiger partial charge in [0.25, 0.3) is 0 Å². The minimum Gasteiger partial charge on any atom is -0.494 e. The SMILES string of the molecule is CCOc1ccc(N2C[C@@H](C(=O)N3CCC[C@H](C(=O)Nc4ccccc4)C3)CC2=O)cc1. The van der Waals surface area contributed by atoms with Crippen LogP contribution in [0.3, 0.4) is 0 Å². The van der Waals surface area contributed by atoms with Gasteiger partial charge in [0.15, 0.2) is 0 Å². The standard InChI is InChI=1S/C25H29N3O4/c1-2-32-22-12-10-21(11-13-22)28-17-19(15-23(28)29)25(31)27-14-6-7-18(16-27)24(30)26-20-8-4-3-5-9-20/h3-5,8-13,18-19H,2,6-7,14-17H2,1H3,(H,26,30)/t18-,19-/m0/s1. The maximum atomic E-state index is 13.2. The summed E-state index contributed by atoms with van der Waals surface area (Å²) < 4.78 is 5.46. The normalized spacial score (nSPS) is 20.8. The smallest absolute Gasteiger partial charge is 0.229 e. The number of para-hydroxylation sites is 1. The van der Waals surface area contributed by atoms with E-state index in [2.05, 4.69) is 5.32 Å². The molecule has 2 fully saturated rings. The lowest BCUT2D eigenvalue weighted by atomic mass is 9.95. The van der Waals surface area contributed by atoms with Crippen molar-refractivity contribution in [1.29, 1.82) is 0 Å². The molecule has 7 nitrogen and oxygen atoms in total. The van der Waals surface area contributed by atoms with Crippen LogP contribution in [0.4, 0.5) is 11.4 Å². The average Bonchev–Trinajstić information content (AvgIpc) is 3.21. The molecule has 1 N–H and O–H groups in total. The molecular weight excluding hydrogens is 406 g/mol. The zero-order valence-corrected chi connectivity index (χ0v) is 18.3. The van der Waals surface area contributed by atoms with Gasteiger partial charge in [0, 0.05) is 37.4 Å². The van der Waals surface area contributed by atoms with E-state index < -0.39 is 0 Å². The molecule has 7 heteroatoms. The van der Waals surface area contributed by atoms with Gasteiger partial charge in [-0.2, -0.15) is 0 Å². The molecule has 2 saturated heterocycles. The van der Waals surface area contributed by atoms with E-state index in [1.807, 2.05) is 61.5 Å². The minimum atomic E-state index is -0.384. The first-order valence-electron chi connectivity index (χ1n) is 11.2. The van der Waals surface area contributed by atoms with Crippen molar-refractivity contribution < 1.29 is 19.1 Å². The first-order chi connectivity index (χ1) is 15.5. The predicted octanol–water partition coefficient (Wildman–Crippen LogP) is 3.32. The number of hydrogen-bond donors (Lipinski definition) is 1. The lowest BCUT2D eigenvalue weighted by Gasteiger charge is -2.33. The Morgan fingerprint density at radius 3 is 2.50 bits per heavy atom. The summed E-state index contributed by atoms with van der Waals surface area (Å²) in [5.74, 6) is -0.0278. The summed E-state index contributed by atoms with van der Waals surface area (Å²) in [5.41, 5.74) is 1.53. The van der Waals surface area contributed by atoms with Gasteiger partial charge in [0.1, 0.15) is 5.75 Å². The molecule has 2 aromatic rings. The van der Waals surface area contributed by atoms with Crippen molar-refractivity contribution in [3.63, 3.8) is 0 Å². The molecule has 2 atom stereocenters. The maximum Gasteiger partial charge on any atom is 0.229 e. The topological polar surface area (TPSA) is 79.0 Å². The van der Waals surface area contributed by atoms with Crippen LogP contribution in [0.25, 0.3) is 0 Å². The lowest BCUT2D eigenvalue weighted by molar-refractivity contribution is -0.138. The summed E-state index contributed by atoms with van der Waals surface area (Å²) in [6.45, 7) is 3.89. The monoisotopic (exact) mass is 435 g/mol. The third-order valence-corrected chi connectivity index (χ3v) is 6.08. The zero-order chi connectivity index (χ0) is 22.5. The highest BCUT2D eigenvalue weighted by atomic mass is 16.5. The third-order valence-electron chi connectivity index (χ3n) is 6.08. The Kier molecular flexibility index (Phi) is 6.73. The van der Waals surface area contributed by atoms with Crippen LogP contribution in [0.15, 0.2) is 54.6 Å². The van der Waals surface area contributed by atoms with E-state index >= 15 is 0 Å². The first-order valence-corrected chi connectivity index (χ1v) is 11.2. The number of hydrogen-bond acceptors (Lipinski definition) is 4. The van der Waals surface area contributed by atoms with Gasteiger partial charge in [-0.3, -0.25) is 14.4 Å². The number of anilines is 2. The first kappa shape index (κ1) is 21.9. The molecule has 2 heterocycles. The second-order valence-corrected chi connectivity index (χ2v) is 8.31. The summed E-state index contributed by atoms with van der Waals surface area (Å²) in [6, 6.07) is 16.7. The van der Waals surface area contributed by atoms with Crippen LogP contribution in [0, 0.1) is 11.8 Å². The average molecular weight is 436 g/mol. The van der Waals surface area contributed by atoms with E-state index in [1.54, 1.807) is 9.80 Å². The Morgan fingerprint density at radius 2 is 1.78 bits per heavy atom. The molecule has 168 valence electrons. The van der Waals surface area contributed by atoms with Crippen molar-refractivity contribution in [3.05, 3.63) is 54.6 Å². The summed E-state index contributed by atoms with van der Waals surface area (Å²) in [4.78, 5) is 41.9. The second kappa shape index (κ2) is 9.85. The van der Waals surface area contributed by atoms with E-state index in [0.717, 1.165) is 30.0 Å². The number of benzene rings is 2. The second-order valence-electron chi connectivity index (χ2n) is 8.31. The van der Waals surface area contributed by atoms with Crippen LogP contribution in [0.1, 0.15) is 26.2 Å². The molecule has 2 aromatic carbocycles. The van der Waals surface area contributed by atoms with Gasteiger partial charge in [0.2, 0.25) is 17.7 Å². The number of amides is 3. The van der Waals surface area contributed by atoms with Gasteiger partial charge in [-0.15, -0.1) is 0 Å². The summed E-state index contributed by atoms with van der Waals surface area (Å²) in [6.07, 6.45) is 1.73. The molecule has 2 aliphatic heterocycles. The number of nitrogens with zero attached hydrogens (tertiary/aromatic N) is 2. The van der Waals surface area contributed by atoms with E-state index in [4.69, 9.17) is 4.74 Å². The number of piperidine rings is 1. The van der Waals surface area contributed by atoms with Crippen LogP contribution in [0.5, 0.6) is 5.75 Å². The number of likely N-dealkylation sites (tertiary alicyclic amines) is 1. The molecule has 0 unspecified atom stereocenters. The fourth-order valence-corrected chi connectivity index (χ4v) is 4.43. The fourth-order valence-electron chi connectivity index (χ4n) is 4.43. The van der Waals surface area contributed by atoms with Crippen LogP contribution in [0.2, 0.25) is 0 Å². The van der Waals surface area contributed by atoms with Crippen molar-refractivity contribution in [3.8, 4) is 5.75 Å². The Morgan fingerprint density at radius 1 is 1.03 bits per heavy atom. The molecule has 4 rings (SSSR count). The van der Waals surface area contributed by atoms with E-state index in [1.165, 1.54) is 0 Å². The summed E-state index contributed by atoms with van der Waals surface area (Å²) >= 11 is 0. The molecule has 0 aromatic heterocycles. The largest absolute Gasteiger partial charge is 0.494 e. The Balaban J connectivity index is 1.36. The van der Waals surface area contributed by atoms with Crippen molar-refractivity contribution >= 4 is 29.1 Å². The van der Waals surface area contributed by atoms with Crippen molar-refractivity contribution in [2.75, 3.05) is 36.5 Å². The summed E-state index contributed by atoms with van der Waals surface area (Å²) in [5, 5.41) is 2.94. The van der Waals surface area contributed by atoms with Gasteiger partial charge in [0.05, 0.1) is 18.4 Å². The van der Waals surface area contributed by atoms with Crippen LogP contribution < -0.4 is 15.0 Å². The van der Waals surface area contributed by atoms with Crippen molar-refractivity contribution in [2.45, 2.75) is 26.2 Å². The Bertz CT molecular complexity index is 961. The molecule has 0 radical (unpaired) electrons. The summed E-state index contributed by atoms with van der Waals surface area (Å²) in [7, 11) is 0. The Labute approximate surface area is 188 Å². The van der Waals surface area contributed by atoms with Crippen molar-refractivity contribution in [2.24, 2.45) is 11.8 Å². The number of nitrogens with one attached hydrogen (secondary N) is 1. The van der Waals surface area contributed by atoms with Gasteiger partial charge < -0.3 is 19.9 Å². The highest BCUT2D eigenvalue weighted by Crippen LogP contribution is 2.29. The molecule has 0 bridgehead atoms. The molecular formula is C25H29N3O4. The van der Waals surface area contributed by atoms with E-state index in [9.17, 15) is 14.4 Å². The van der Waals surface area contributed by atoms with Gasteiger partial charge in [-0.1, -0.05) is 18.2 Å². The number of ether oxygens (including phenoxy) is 1. The third kappa shape index (κ3) is 4.93. The lowest BCUT2D eigenvalue weighted by Crippen LogP contribution is -2.46. The van der Waals surface area contributed by atoms with Crippen LogP contribution in [-0.4, -0.2) is 48.9 Å². The highest BCUT2D eigenvalue weighted by molar-refractivity contribution is 6.00. The maximum absolute atomic E-state index is 13.2. The molecule has 0 aliphatic carbocycles. The molecule has 3 amide bonds. The van der Waals surface area contributed by atoms with Gasteiger partial charge in [-0.25, -0.2) is 0 Å². The van der Waals surface area contributed by atoms with E-state index in [0.29, 0.717) is 26.2 Å². The molecule has 0 spiro atoms. The number of rotatable bonds is 6.